The fourth-order valence-electron chi connectivity index (χ4n) is 3.13. The molecule has 7 heteroatoms. The van der Waals surface area contributed by atoms with Gasteiger partial charge in [-0.2, -0.15) is 5.10 Å². The number of rotatable bonds is 5. The number of methoxy groups -OCH3 is 1. The molecule has 0 bridgehead atoms. The molecule has 7 nitrogen and oxygen atoms in total. The second kappa shape index (κ2) is 7.12. The lowest BCUT2D eigenvalue weighted by Gasteiger charge is -2.05. The van der Waals surface area contributed by atoms with Crippen molar-refractivity contribution in [1.82, 2.24) is 19.9 Å². The molecule has 5 rings (SSSR count). The van der Waals surface area contributed by atoms with Gasteiger partial charge in [0.05, 0.1) is 34.9 Å². The Bertz CT molecular complexity index is 1170. The highest BCUT2D eigenvalue weighted by atomic mass is 16.5. The van der Waals surface area contributed by atoms with Crippen molar-refractivity contribution in [1.29, 1.82) is 0 Å². The molecule has 0 aliphatic carbocycles. The van der Waals surface area contributed by atoms with Crippen molar-refractivity contribution in [2.45, 2.75) is 0 Å². The molecule has 0 aliphatic rings. The molecule has 3 N–H and O–H groups in total. The summed E-state index contributed by atoms with van der Waals surface area (Å²) in [6.45, 7) is 0. The van der Waals surface area contributed by atoms with E-state index in [1.54, 1.807) is 7.11 Å². The lowest BCUT2D eigenvalue weighted by molar-refractivity contribution is 0.415. The summed E-state index contributed by atoms with van der Waals surface area (Å²) in [5.74, 6) is 2.05. The number of nitrogens with zero attached hydrogens (tertiary/aromatic N) is 3. The number of para-hydroxylation sites is 4. The number of anilines is 1. The second-order valence-electron chi connectivity index (χ2n) is 6.51. The monoisotopic (exact) mass is 382 g/mol. The van der Waals surface area contributed by atoms with Crippen LogP contribution in [0.25, 0.3) is 22.1 Å². The van der Waals surface area contributed by atoms with E-state index in [0.717, 1.165) is 33.5 Å². The SMILES string of the molecule is COc1ccc(NN=C(c2nc3ccccc3[nH]2)c2nc3ccccc3[nH]2)cc1. The predicted octanol–water partition coefficient (Wildman–Crippen LogP) is 4.31. The Hall–Kier alpha value is -4.13. The van der Waals surface area contributed by atoms with Crippen LogP contribution in [0.3, 0.4) is 0 Å². The number of ether oxygens (including phenoxy) is 1. The molecule has 142 valence electrons. The second-order valence-corrected chi connectivity index (χ2v) is 6.51. The molecule has 29 heavy (non-hydrogen) atoms. The van der Waals surface area contributed by atoms with E-state index in [2.05, 4.69) is 20.5 Å². The lowest BCUT2D eigenvalue weighted by atomic mass is 10.3. The predicted molar refractivity (Wildman–Crippen MR) is 114 cm³/mol. The Morgan fingerprint density at radius 2 is 1.34 bits per heavy atom. The van der Waals surface area contributed by atoms with Crippen molar-refractivity contribution in [3.05, 3.63) is 84.4 Å². The molecule has 0 fully saturated rings. The zero-order valence-corrected chi connectivity index (χ0v) is 15.7. The van der Waals surface area contributed by atoms with Crippen molar-refractivity contribution >= 4 is 33.5 Å². The smallest absolute Gasteiger partial charge is 0.168 e. The van der Waals surface area contributed by atoms with Crippen LogP contribution in [0.1, 0.15) is 11.6 Å². The minimum atomic E-state index is 0.591. The van der Waals surface area contributed by atoms with Gasteiger partial charge >= 0.3 is 0 Å². The Morgan fingerprint density at radius 3 is 1.86 bits per heavy atom. The van der Waals surface area contributed by atoms with Crippen LogP contribution in [0.2, 0.25) is 0 Å². The molecule has 0 radical (unpaired) electrons. The Kier molecular flexibility index (Phi) is 4.18. The molecule has 0 amide bonds. The van der Waals surface area contributed by atoms with Gasteiger partial charge in [0.1, 0.15) is 5.75 Å². The molecular formula is C22H18N6O. The topological polar surface area (TPSA) is 91.0 Å². The van der Waals surface area contributed by atoms with Crippen molar-refractivity contribution < 1.29 is 4.74 Å². The number of benzene rings is 3. The molecule has 5 aromatic rings. The summed E-state index contributed by atoms with van der Waals surface area (Å²) in [4.78, 5) is 16.0. The zero-order chi connectivity index (χ0) is 19.6. The molecular weight excluding hydrogens is 364 g/mol. The van der Waals surface area contributed by atoms with E-state index in [4.69, 9.17) is 14.7 Å². The summed E-state index contributed by atoms with van der Waals surface area (Å²) in [6, 6.07) is 23.3. The normalized spacial score (nSPS) is 10.9. The van der Waals surface area contributed by atoms with Crippen LogP contribution < -0.4 is 10.2 Å². The number of hydrogen-bond acceptors (Lipinski definition) is 5. The van der Waals surface area contributed by atoms with Crippen LogP contribution in [0, 0.1) is 0 Å². The molecule has 0 atom stereocenters. The Balaban J connectivity index is 1.59. The van der Waals surface area contributed by atoms with Crippen LogP contribution in [-0.4, -0.2) is 32.8 Å². The molecule has 0 saturated heterocycles. The third kappa shape index (κ3) is 3.29. The lowest BCUT2D eigenvalue weighted by Crippen LogP contribution is -2.10. The number of aromatic nitrogens is 4. The highest BCUT2D eigenvalue weighted by Crippen LogP contribution is 2.18. The van der Waals surface area contributed by atoms with Gasteiger partial charge in [0, 0.05) is 0 Å². The van der Waals surface area contributed by atoms with Crippen LogP contribution in [0.15, 0.2) is 77.9 Å². The van der Waals surface area contributed by atoms with E-state index in [9.17, 15) is 0 Å². The number of hydrazone groups is 1. The van der Waals surface area contributed by atoms with Gasteiger partial charge in [0.25, 0.3) is 0 Å². The third-order valence-corrected chi connectivity index (χ3v) is 4.61. The van der Waals surface area contributed by atoms with E-state index >= 15 is 0 Å². The number of hydrogen-bond donors (Lipinski definition) is 3. The molecule has 2 aromatic heterocycles. The van der Waals surface area contributed by atoms with E-state index in [1.165, 1.54) is 0 Å². The number of nitrogens with one attached hydrogen (secondary N) is 3. The van der Waals surface area contributed by atoms with Gasteiger partial charge in [0.2, 0.25) is 0 Å². The first-order valence-electron chi connectivity index (χ1n) is 9.18. The van der Waals surface area contributed by atoms with E-state index < -0.39 is 0 Å². The fraction of sp³-hybridized carbons (Fsp3) is 0.0455. The van der Waals surface area contributed by atoms with Gasteiger partial charge < -0.3 is 14.7 Å². The van der Waals surface area contributed by atoms with Gasteiger partial charge in [-0.05, 0) is 48.5 Å². The van der Waals surface area contributed by atoms with E-state index in [0.29, 0.717) is 17.4 Å². The molecule has 0 saturated carbocycles. The average Bonchev–Trinajstić information content (AvgIpc) is 3.38. The van der Waals surface area contributed by atoms with Crippen LogP contribution >= 0.6 is 0 Å². The Morgan fingerprint density at radius 1 is 0.793 bits per heavy atom. The van der Waals surface area contributed by atoms with Gasteiger partial charge in [-0.15, -0.1) is 0 Å². The first-order valence-corrected chi connectivity index (χ1v) is 9.18. The first kappa shape index (κ1) is 17.0. The third-order valence-electron chi connectivity index (χ3n) is 4.61. The minimum absolute atomic E-state index is 0.591. The van der Waals surface area contributed by atoms with E-state index in [1.807, 2.05) is 72.8 Å². The largest absolute Gasteiger partial charge is 0.497 e. The number of H-pyrrole nitrogens is 2. The number of imidazole rings is 2. The fourth-order valence-corrected chi connectivity index (χ4v) is 3.13. The quantitative estimate of drug-likeness (QED) is 0.312. The maximum Gasteiger partial charge on any atom is 0.168 e. The van der Waals surface area contributed by atoms with Gasteiger partial charge in [0.15, 0.2) is 17.4 Å². The summed E-state index contributed by atoms with van der Waals surface area (Å²) < 4.78 is 5.21. The maximum absolute atomic E-state index is 5.21. The molecule has 0 unspecified atom stereocenters. The van der Waals surface area contributed by atoms with E-state index in [-0.39, 0.29) is 0 Å². The van der Waals surface area contributed by atoms with Gasteiger partial charge in [-0.25, -0.2) is 9.97 Å². The first-order chi connectivity index (χ1) is 14.3. The Labute approximate surface area is 166 Å². The van der Waals surface area contributed by atoms with Crippen LogP contribution in [-0.2, 0) is 0 Å². The number of fused-ring (bicyclic) bond motifs is 2. The maximum atomic E-state index is 5.21. The highest BCUT2D eigenvalue weighted by Gasteiger charge is 2.16. The highest BCUT2D eigenvalue weighted by molar-refractivity contribution is 6.11. The minimum Gasteiger partial charge on any atom is -0.497 e. The summed E-state index contributed by atoms with van der Waals surface area (Å²) >= 11 is 0. The van der Waals surface area contributed by atoms with Crippen molar-refractivity contribution in [2.24, 2.45) is 5.10 Å². The summed E-state index contributed by atoms with van der Waals surface area (Å²) in [7, 11) is 1.64. The van der Waals surface area contributed by atoms with Crippen molar-refractivity contribution in [3.63, 3.8) is 0 Å². The summed E-state index contributed by atoms with van der Waals surface area (Å²) in [6.07, 6.45) is 0. The van der Waals surface area contributed by atoms with Crippen LogP contribution in [0.4, 0.5) is 5.69 Å². The molecule has 2 heterocycles. The average molecular weight is 382 g/mol. The van der Waals surface area contributed by atoms with Crippen molar-refractivity contribution in [3.8, 4) is 5.75 Å². The van der Waals surface area contributed by atoms with Gasteiger partial charge in [-0.1, -0.05) is 24.3 Å². The molecule has 3 aromatic carbocycles. The standard InChI is InChI=1S/C22H18N6O/c1-29-15-12-10-14(11-13-15)27-28-20(21-23-16-6-2-3-7-17(16)24-21)22-25-18-8-4-5-9-19(18)26-22/h2-13,27H,1H3,(H,23,24)(H,25,26). The van der Waals surface area contributed by atoms with Crippen LogP contribution in [0.5, 0.6) is 5.75 Å². The van der Waals surface area contributed by atoms with Gasteiger partial charge in [-0.3, -0.25) is 5.43 Å². The zero-order valence-electron chi connectivity index (χ0n) is 15.7. The molecule has 0 aliphatic heterocycles. The van der Waals surface area contributed by atoms with Crippen molar-refractivity contribution in [2.75, 3.05) is 12.5 Å². The molecule has 0 spiro atoms. The summed E-state index contributed by atoms with van der Waals surface area (Å²) in [5.41, 5.74) is 8.14. The number of aromatic amines is 2. The summed E-state index contributed by atoms with van der Waals surface area (Å²) in [5, 5.41) is 4.62.